The zero-order valence-corrected chi connectivity index (χ0v) is 19.8. The maximum atomic E-state index is 14.7. The molecule has 2 atom stereocenters. The van der Waals surface area contributed by atoms with Crippen LogP contribution in [0.3, 0.4) is 0 Å². The number of fused-ring (bicyclic) bond motifs is 2. The molecule has 1 fully saturated rings. The summed E-state index contributed by atoms with van der Waals surface area (Å²) in [7, 11) is 0. The van der Waals surface area contributed by atoms with Gasteiger partial charge in [-0.3, -0.25) is 4.79 Å². The zero-order chi connectivity index (χ0) is 25.4. The van der Waals surface area contributed by atoms with Gasteiger partial charge >= 0.3 is 0 Å². The van der Waals surface area contributed by atoms with Gasteiger partial charge in [0.2, 0.25) is 6.10 Å². The van der Waals surface area contributed by atoms with Crippen molar-refractivity contribution in [3.05, 3.63) is 53.0 Å². The molecule has 1 aromatic heterocycles. The van der Waals surface area contributed by atoms with Crippen molar-refractivity contribution >= 4 is 22.5 Å². The highest BCUT2D eigenvalue weighted by Crippen LogP contribution is 2.39. The van der Waals surface area contributed by atoms with Gasteiger partial charge in [-0.2, -0.15) is 5.10 Å². The van der Waals surface area contributed by atoms with Gasteiger partial charge in [0, 0.05) is 29.4 Å². The summed E-state index contributed by atoms with van der Waals surface area (Å²) in [6, 6.07) is 6.70. The van der Waals surface area contributed by atoms with Gasteiger partial charge in [-0.05, 0) is 26.0 Å². The molecule has 1 saturated heterocycles. The lowest BCUT2D eigenvalue weighted by molar-refractivity contribution is -0.145. The van der Waals surface area contributed by atoms with Crippen molar-refractivity contribution in [2.45, 2.75) is 32.4 Å². The Hall–Kier alpha value is -3.60. The number of carbonyl (C=O) groups is 1. The quantitative estimate of drug-likeness (QED) is 0.560. The molecular weight excluding hydrogens is 477 g/mol. The molecule has 0 spiro atoms. The average Bonchev–Trinajstić information content (AvgIpc) is 2.89. The molecule has 0 aliphatic carbocycles. The van der Waals surface area contributed by atoms with E-state index in [9.17, 15) is 18.0 Å². The first kappa shape index (κ1) is 24.1. The first-order chi connectivity index (χ1) is 17.3. The summed E-state index contributed by atoms with van der Waals surface area (Å²) in [5.41, 5.74) is 0.0502. The maximum absolute atomic E-state index is 14.7. The lowest BCUT2D eigenvalue weighted by Gasteiger charge is -2.32. The third-order valence-electron chi connectivity index (χ3n) is 6.40. The Balaban J connectivity index is 1.42. The number of alkyl halides is 2. The second kappa shape index (κ2) is 9.81. The third kappa shape index (κ3) is 4.50. The number of aryl methyl sites for hydroxylation is 1. The molecule has 2 aromatic carbocycles. The summed E-state index contributed by atoms with van der Waals surface area (Å²) in [5, 5.41) is 12.8. The molecule has 3 aromatic rings. The topological polar surface area (TPSA) is 85.8 Å². The van der Waals surface area contributed by atoms with E-state index in [0.717, 1.165) is 6.07 Å². The molecule has 2 aliphatic rings. The van der Waals surface area contributed by atoms with Crippen molar-refractivity contribution in [3.8, 4) is 11.5 Å². The number of rotatable bonds is 5. The van der Waals surface area contributed by atoms with Crippen LogP contribution in [0.15, 0.2) is 30.3 Å². The second-order valence-electron chi connectivity index (χ2n) is 8.75. The van der Waals surface area contributed by atoms with Gasteiger partial charge in [0.25, 0.3) is 12.3 Å². The van der Waals surface area contributed by atoms with E-state index in [4.69, 9.17) is 14.2 Å². The van der Waals surface area contributed by atoms with E-state index in [2.05, 4.69) is 15.5 Å². The van der Waals surface area contributed by atoms with Crippen LogP contribution in [0.2, 0.25) is 0 Å². The predicted octanol–water partition coefficient (Wildman–Crippen LogP) is 4.19. The molecule has 8 nitrogen and oxygen atoms in total. The number of aromatic nitrogens is 2. The highest BCUT2D eigenvalue weighted by Gasteiger charge is 2.32. The standard InChI is InChI=1S/C25H25F3N4O4/c1-13(15-4-3-5-16(22(15)26)23(27)28)29-24-18-11-19-20(10-17(18)14(2)30-31-24)36-21(12-35-19)25(33)32-6-8-34-9-7-32/h3-5,10-11,13,21,23H,6-9,12H2,1-2H3,(H,29,31)/t13-,21?/m1/s1. The van der Waals surface area contributed by atoms with Gasteiger partial charge < -0.3 is 24.4 Å². The lowest BCUT2D eigenvalue weighted by Crippen LogP contribution is -2.50. The van der Waals surface area contributed by atoms with E-state index in [1.807, 2.05) is 0 Å². The Bertz CT molecular complexity index is 1300. The van der Waals surface area contributed by atoms with Crippen molar-refractivity contribution in [2.24, 2.45) is 0 Å². The van der Waals surface area contributed by atoms with Crippen LogP contribution < -0.4 is 14.8 Å². The number of hydrogen-bond donors (Lipinski definition) is 1. The number of ether oxygens (including phenoxy) is 3. The summed E-state index contributed by atoms with van der Waals surface area (Å²) in [4.78, 5) is 14.6. The van der Waals surface area contributed by atoms with E-state index < -0.39 is 30.0 Å². The number of hydrogen-bond acceptors (Lipinski definition) is 7. The molecule has 190 valence electrons. The number of nitrogens with zero attached hydrogens (tertiary/aromatic N) is 3. The van der Waals surface area contributed by atoms with E-state index in [1.54, 1.807) is 30.9 Å². The van der Waals surface area contributed by atoms with E-state index >= 15 is 0 Å². The Morgan fingerprint density at radius 1 is 1.11 bits per heavy atom. The van der Waals surface area contributed by atoms with Crippen LogP contribution in [0.1, 0.15) is 36.2 Å². The van der Waals surface area contributed by atoms with Crippen molar-refractivity contribution in [2.75, 3.05) is 38.2 Å². The molecule has 0 bridgehead atoms. The normalized spacial score (nSPS) is 18.4. The fourth-order valence-corrected chi connectivity index (χ4v) is 4.42. The van der Waals surface area contributed by atoms with Crippen LogP contribution >= 0.6 is 0 Å². The highest BCUT2D eigenvalue weighted by molar-refractivity contribution is 5.96. The first-order valence-electron chi connectivity index (χ1n) is 11.6. The molecular formula is C25H25F3N4O4. The van der Waals surface area contributed by atoms with E-state index in [1.165, 1.54) is 12.1 Å². The smallest absolute Gasteiger partial charge is 0.267 e. The fourth-order valence-electron chi connectivity index (χ4n) is 4.42. The van der Waals surface area contributed by atoms with Crippen LogP contribution in [0, 0.1) is 12.7 Å². The minimum Gasteiger partial charge on any atom is -0.485 e. The van der Waals surface area contributed by atoms with Crippen molar-refractivity contribution in [3.63, 3.8) is 0 Å². The summed E-state index contributed by atoms with van der Waals surface area (Å²) >= 11 is 0. The van der Waals surface area contributed by atoms with Gasteiger partial charge in [-0.15, -0.1) is 5.10 Å². The van der Waals surface area contributed by atoms with Crippen molar-refractivity contribution < 1.29 is 32.2 Å². The number of halogens is 3. The molecule has 1 N–H and O–H groups in total. The number of benzene rings is 2. The molecule has 5 rings (SSSR count). The fraction of sp³-hybridized carbons (Fsp3) is 0.400. The summed E-state index contributed by atoms with van der Waals surface area (Å²) in [5.74, 6) is 0.0661. The molecule has 1 unspecified atom stereocenters. The Kier molecular flexibility index (Phi) is 6.57. The van der Waals surface area contributed by atoms with Crippen molar-refractivity contribution in [1.29, 1.82) is 0 Å². The summed E-state index contributed by atoms with van der Waals surface area (Å²) in [6.45, 7) is 5.47. The minimum absolute atomic E-state index is 0.0526. The Morgan fingerprint density at radius 3 is 2.58 bits per heavy atom. The SMILES string of the molecule is Cc1nnc(N[C@H](C)c2cccc(C(F)F)c2F)c2cc3c(cc12)OC(C(=O)N1CCOCC1)CO3. The molecule has 11 heteroatoms. The summed E-state index contributed by atoms with van der Waals surface area (Å²) in [6.07, 6.45) is -3.69. The maximum Gasteiger partial charge on any atom is 0.267 e. The van der Waals surface area contributed by atoms with Crippen molar-refractivity contribution in [1.82, 2.24) is 15.1 Å². The number of morpholine rings is 1. The second-order valence-corrected chi connectivity index (χ2v) is 8.75. The van der Waals surface area contributed by atoms with Crippen LogP contribution in [0.4, 0.5) is 19.0 Å². The van der Waals surface area contributed by atoms with Crippen LogP contribution in [0.25, 0.3) is 10.8 Å². The van der Waals surface area contributed by atoms with Gasteiger partial charge in [0.15, 0.2) is 17.3 Å². The predicted molar refractivity (Wildman–Crippen MR) is 125 cm³/mol. The number of anilines is 1. The van der Waals surface area contributed by atoms with Crippen LogP contribution in [0.5, 0.6) is 11.5 Å². The molecule has 0 radical (unpaired) electrons. The Morgan fingerprint density at radius 2 is 1.83 bits per heavy atom. The lowest BCUT2D eigenvalue weighted by atomic mass is 10.0. The van der Waals surface area contributed by atoms with Gasteiger partial charge in [0.1, 0.15) is 12.4 Å². The highest BCUT2D eigenvalue weighted by atomic mass is 19.3. The Labute approximate surface area is 205 Å². The number of carbonyl (C=O) groups excluding carboxylic acids is 1. The zero-order valence-electron chi connectivity index (χ0n) is 19.8. The minimum atomic E-state index is -2.92. The number of nitrogens with one attached hydrogen (secondary N) is 1. The van der Waals surface area contributed by atoms with E-state index in [0.29, 0.717) is 60.1 Å². The molecule has 3 heterocycles. The molecule has 2 aliphatic heterocycles. The average molecular weight is 502 g/mol. The molecule has 0 saturated carbocycles. The monoisotopic (exact) mass is 502 g/mol. The largest absolute Gasteiger partial charge is 0.485 e. The van der Waals surface area contributed by atoms with E-state index in [-0.39, 0.29) is 18.1 Å². The van der Waals surface area contributed by atoms with Gasteiger partial charge in [-0.25, -0.2) is 13.2 Å². The van der Waals surface area contributed by atoms with Gasteiger partial charge in [-0.1, -0.05) is 18.2 Å². The van der Waals surface area contributed by atoms with Gasteiger partial charge in [0.05, 0.1) is 30.5 Å². The van der Waals surface area contributed by atoms with Crippen LogP contribution in [-0.4, -0.2) is 60.0 Å². The first-order valence-corrected chi connectivity index (χ1v) is 11.6. The summed E-state index contributed by atoms with van der Waals surface area (Å²) < 4.78 is 58.2. The third-order valence-corrected chi connectivity index (χ3v) is 6.40. The molecule has 1 amide bonds. The molecule has 36 heavy (non-hydrogen) atoms. The van der Waals surface area contributed by atoms with Crippen LogP contribution in [-0.2, 0) is 9.53 Å². The number of amides is 1.